The van der Waals surface area contributed by atoms with Gasteiger partial charge in [-0.05, 0) is 34.8 Å². The van der Waals surface area contributed by atoms with Gasteiger partial charge >= 0.3 is 0 Å². The van der Waals surface area contributed by atoms with Gasteiger partial charge in [0.2, 0.25) is 0 Å². The van der Waals surface area contributed by atoms with Crippen LogP contribution in [0.5, 0.6) is 0 Å². The van der Waals surface area contributed by atoms with Crippen molar-refractivity contribution in [2.45, 2.75) is 24.8 Å². The molecule has 1 aromatic carbocycles. The Kier molecular flexibility index (Phi) is 4.00. The van der Waals surface area contributed by atoms with Crippen LogP contribution in [0.3, 0.4) is 0 Å². The fourth-order valence-corrected chi connectivity index (χ4v) is 4.76. The number of halogens is 3. The number of aromatic nitrogens is 2. The molecular weight excluding hydrogens is 383 g/mol. The first-order valence-electron chi connectivity index (χ1n) is 6.53. The lowest BCUT2D eigenvalue weighted by Crippen LogP contribution is -2.26. The molecular formula is C13H13BrClFN2O2S. The molecule has 0 atom stereocenters. The van der Waals surface area contributed by atoms with Crippen molar-refractivity contribution in [3.63, 3.8) is 0 Å². The summed E-state index contributed by atoms with van der Waals surface area (Å²) >= 11 is 9.13. The maximum atomic E-state index is 13.6. The van der Waals surface area contributed by atoms with Gasteiger partial charge in [0.1, 0.15) is 21.5 Å². The first-order chi connectivity index (χ1) is 9.91. The third-order valence-electron chi connectivity index (χ3n) is 3.81. The van der Waals surface area contributed by atoms with Crippen molar-refractivity contribution >= 4 is 48.4 Å². The number of rotatable bonds is 2. The first kappa shape index (κ1) is 15.2. The van der Waals surface area contributed by atoms with Gasteiger partial charge in [0, 0.05) is 12.1 Å². The molecule has 0 bridgehead atoms. The van der Waals surface area contributed by atoms with Crippen LogP contribution < -0.4 is 0 Å². The predicted molar refractivity (Wildman–Crippen MR) is 83.9 cm³/mol. The van der Waals surface area contributed by atoms with E-state index in [0.717, 1.165) is 5.52 Å². The number of fused-ring (bicyclic) bond motifs is 1. The van der Waals surface area contributed by atoms with E-state index in [1.165, 1.54) is 6.07 Å². The molecule has 1 fully saturated rings. The van der Waals surface area contributed by atoms with Gasteiger partial charge in [0.25, 0.3) is 0 Å². The van der Waals surface area contributed by atoms with Gasteiger partial charge in [-0.1, -0.05) is 0 Å². The largest absolute Gasteiger partial charge is 0.324 e. The van der Waals surface area contributed by atoms with Crippen molar-refractivity contribution in [1.82, 2.24) is 9.55 Å². The monoisotopic (exact) mass is 394 g/mol. The van der Waals surface area contributed by atoms with Crippen molar-refractivity contribution in [1.29, 1.82) is 0 Å². The Morgan fingerprint density at radius 1 is 1.38 bits per heavy atom. The summed E-state index contributed by atoms with van der Waals surface area (Å²) in [5, 5.41) is 0. The highest BCUT2D eigenvalue weighted by Crippen LogP contribution is 2.32. The van der Waals surface area contributed by atoms with Gasteiger partial charge in [-0.2, -0.15) is 0 Å². The molecule has 1 aliphatic rings. The zero-order valence-corrected chi connectivity index (χ0v) is 14.2. The SMILES string of the molecule is O=S1(=O)CCC(n2c(CCl)nc3cc(F)c(Br)cc32)CC1. The maximum absolute atomic E-state index is 13.6. The van der Waals surface area contributed by atoms with E-state index in [9.17, 15) is 12.8 Å². The molecule has 0 aliphatic carbocycles. The molecule has 0 spiro atoms. The normalized spacial score (nSPS) is 19.2. The second kappa shape index (κ2) is 5.52. The Morgan fingerprint density at radius 2 is 2.05 bits per heavy atom. The van der Waals surface area contributed by atoms with Crippen molar-refractivity contribution < 1.29 is 12.8 Å². The Bertz CT molecular complexity index is 792. The maximum Gasteiger partial charge on any atom is 0.150 e. The minimum atomic E-state index is -2.93. The van der Waals surface area contributed by atoms with Crippen LogP contribution in [0.25, 0.3) is 11.0 Å². The van der Waals surface area contributed by atoms with Gasteiger partial charge < -0.3 is 4.57 Å². The molecule has 3 rings (SSSR count). The number of alkyl halides is 1. The average molecular weight is 396 g/mol. The lowest BCUT2D eigenvalue weighted by atomic mass is 10.1. The summed E-state index contributed by atoms with van der Waals surface area (Å²) in [4.78, 5) is 4.37. The van der Waals surface area contributed by atoms with Gasteiger partial charge in [-0.25, -0.2) is 17.8 Å². The molecule has 0 amide bonds. The molecule has 2 heterocycles. The molecule has 0 radical (unpaired) electrons. The number of nitrogens with zero attached hydrogens (tertiary/aromatic N) is 2. The summed E-state index contributed by atoms with van der Waals surface area (Å²) < 4.78 is 39.1. The molecule has 21 heavy (non-hydrogen) atoms. The lowest BCUT2D eigenvalue weighted by molar-refractivity contribution is 0.450. The minimum absolute atomic E-state index is 0.0321. The first-order valence-corrected chi connectivity index (χ1v) is 9.68. The summed E-state index contributed by atoms with van der Waals surface area (Å²) in [6.45, 7) is 0. The van der Waals surface area contributed by atoms with Crippen LogP contribution in [0.1, 0.15) is 24.7 Å². The summed E-state index contributed by atoms with van der Waals surface area (Å²) in [5.41, 5.74) is 1.32. The summed E-state index contributed by atoms with van der Waals surface area (Å²) in [5.74, 6) is 0.813. The van der Waals surface area contributed by atoms with Crippen LogP contribution in [0, 0.1) is 5.82 Å². The van der Waals surface area contributed by atoms with Crippen LogP contribution in [-0.4, -0.2) is 29.5 Å². The van der Waals surface area contributed by atoms with Crippen LogP contribution in [0.2, 0.25) is 0 Å². The second-order valence-electron chi connectivity index (χ2n) is 5.17. The molecule has 2 aromatic rings. The van der Waals surface area contributed by atoms with E-state index >= 15 is 0 Å². The molecule has 0 N–H and O–H groups in total. The molecule has 1 aromatic heterocycles. The summed E-state index contributed by atoms with van der Waals surface area (Å²) in [6.07, 6.45) is 1.07. The number of hydrogen-bond acceptors (Lipinski definition) is 3. The highest BCUT2D eigenvalue weighted by molar-refractivity contribution is 9.10. The van der Waals surface area contributed by atoms with E-state index in [4.69, 9.17) is 11.6 Å². The molecule has 4 nitrogen and oxygen atoms in total. The van der Waals surface area contributed by atoms with Gasteiger partial charge in [0.15, 0.2) is 0 Å². The Hall–Kier alpha value is -0.660. The molecule has 0 unspecified atom stereocenters. The lowest BCUT2D eigenvalue weighted by Gasteiger charge is -2.25. The standard InChI is InChI=1S/C13H13BrClFN2O2S/c14-9-5-12-11(6-10(9)16)17-13(7-15)18(12)8-1-3-21(19,20)4-2-8/h5-6,8H,1-4,7H2. The van der Waals surface area contributed by atoms with E-state index < -0.39 is 9.84 Å². The number of imidazole rings is 1. The second-order valence-corrected chi connectivity index (χ2v) is 8.59. The molecule has 1 saturated heterocycles. The van der Waals surface area contributed by atoms with Crippen LogP contribution in [-0.2, 0) is 15.7 Å². The number of hydrogen-bond donors (Lipinski definition) is 0. The fourth-order valence-electron chi connectivity index (χ4n) is 2.78. The molecule has 8 heteroatoms. The van der Waals surface area contributed by atoms with Gasteiger partial charge in [-0.15, -0.1) is 11.6 Å². The third-order valence-corrected chi connectivity index (χ3v) is 6.38. The van der Waals surface area contributed by atoms with Crippen molar-refractivity contribution in [2.75, 3.05) is 11.5 Å². The Balaban J connectivity index is 2.10. The predicted octanol–water partition coefficient (Wildman–Crippen LogP) is 3.43. The highest BCUT2D eigenvalue weighted by atomic mass is 79.9. The smallest absolute Gasteiger partial charge is 0.150 e. The highest BCUT2D eigenvalue weighted by Gasteiger charge is 2.27. The van der Waals surface area contributed by atoms with Crippen molar-refractivity contribution in [2.24, 2.45) is 0 Å². The zero-order valence-electron chi connectivity index (χ0n) is 11.0. The minimum Gasteiger partial charge on any atom is -0.324 e. The average Bonchev–Trinajstić information content (AvgIpc) is 2.77. The van der Waals surface area contributed by atoms with E-state index in [1.54, 1.807) is 6.07 Å². The number of benzene rings is 1. The van der Waals surface area contributed by atoms with E-state index in [0.29, 0.717) is 28.7 Å². The topological polar surface area (TPSA) is 52.0 Å². The van der Waals surface area contributed by atoms with Crippen molar-refractivity contribution in [3.05, 3.63) is 28.2 Å². The van der Waals surface area contributed by atoms with Crippen molar-refractivity contribution in [3.8, 4) is 0 Å². The molecule has 114 valence electrons. The summed E-state index contributed by atoms with van der Waals surface area (Å²) in [6, 6.07) is 3.08. The Morgan fingerprint density at radius 3 is 2.67 bits per heavy atom. The number of sulfone groups is 1. The van der Waals surface area contributed by atoms with Gasteiger partial charge in [0.05, 0.1) is 32.9 Å². The third kappa shape index (κ3) is 2.83. The molecule has 1 aliphatic heterocycles. The van der Waals surface area contributed by atoms with Crippen LogP contribution >= 0.6 is 27.5 Å². The van der Waals surface area contributed by atoms with E-state index in [-0.39, 0.29) is 29.2 Å². The van der Waals surface area contributed by atoms with E-state index in [1.807, 2.05) is 4.57 Å². The van der Waals surface area contributed by atoms with Crippen LogP contribution in [0.15, 0.2) is 16.6 Å². The molecule has 0 saturated carbocycles. The quantitative estimate of drug-likeness (QED) is 0.732. The van der Waals surface area contributed by atoms with Crippen LogP contribution in [0.4, 0.5) is 4.39 Å². The zero-order chi connectivity index (χ0) is 15.2. The fraction of sp³-hybridized carbons (Fsp3) is 0.462. The van der Waals surface area contributed by atoms with E-state index in [2.05, 4.69) is 20.9 Å². The summed E-state index contributed by atoms with van der Waals surface area (Å²) in [7, 11) is -2.93. The van der Waals surface area contributed by atoms with Gasteiger partial charge in [-0.3, -0.25) is 0 Å². The Labute approximate surface area is 135 Å².